The molecule has 0 spiro atoms. The van der Waals surface area contributed by atoms with E-state index in [1.165, 1.54) is 6.20 Å². The van der Waals surface area contributed by atoms with Crippen molar-refractivity contribution in [3.63, 3.8) is 0 Å². The third kappa shape index (κ3) is 4.15. The summed E-state index contributed by atoms with van der Waals surface area (Å²) in [4.78, 5) is 21.6. The zero-order valence-corrected chi connectivity index (χ0v) is 16.2. The number of carbonyl (C=O) groups excluding carboxylic acids is 1. The zero-order valence-electron chi connectivity index (χ0n) is 15.4. The summed E-state index contributed by atoms with van der Waals surface area (Å²) < 4.78 is 7.78. The lowest BCUT2D eigenvalue weighted by molar-refractivity contribution is 0.0419. The van der Waals surface area contributed by atoms with Gasteiger partial charge in [0, 0.05) is 51.0 Å². The molecule has 4 heterocycles. The van der Waals surface area contributed by atoms with Crippen molar-refractivity contribution in [1.29, 1.82) is 0 Å². The van der Waals surface area contributed by atoms with Crippen LogP contribution in [0, 0.1) is 5.92 Å². The Morgan fingerprint density at radius 1 is 1.26 bits per heavy atom. The largest absolute Gasteiger partial charge is 0.379 e. The number of amides is 1. The number of carbonyl (C=O) groups is 1. The van der Waals surface area contributed by atoms with Crippen molar-refractivity contribution in [3.8, 4) is 0 Å². The fraction of sp³-hybridized carbons (Fsp3) is 0.526. The quantitative estimate of drug-likeness (QED) is 0.799. The number of rotatable bonds is 4. The molecule has 4 rings (SSSR count). The maximum absolute atomic E-state index is 13.0. The highest BCUT2D eigenvalue weighted by Crippen LogP contribution is 2.23. The standard InChI is InChI=1S/C19H24ClN5O2/c1-2-24-6-5-16(22-24)10-23-8-14-9-25(17(11-23)13-27-12-14)19(26)18-4-3-15(20)7-21-18/h3-7,14,17H,2,8-13H2,1H3/t14-,17-/m0/s1. The van der Waals surface area contributed by atoms with E-state index in [0.717, 1.165) is 31.9 Å². The molecule has 2 saturated heterocycles. The molecule has 2 aliphatic heterocycles. The van der Waals surface area contributed by atoms with Crippen molar-refractivity contribution in [2.24, 2.45) is 5.92 Å². The summed E-state index contributed by atoms with van der Waals surface area (Å²) in [6.45, 7) is 7.33. The van der Waals surface area contributed by atoms with Crippen LogP contribution >= 0.6 is 11.6 Å². The molecule has 8 heteroatoms. The number of aryl methyl sites for hydroxylation is 1. The molecule has 2 fully saturated rings. The van der Waals surface area contributed by atoms with Gasteiger partial charge in [0.1, 0.15) is 5.69 Å². The van der Waals surface area contributed by atoms with Crippen LogP contribution < -0.4 is 0 Å². The molecule has 0 unspecified atom stereocenters. The van der Waals surface area contributed by atoms with E-state index in [4.69, 9.17) is 16.3 Å². The monoisotopic (exact) mass is 389 g/mol. The Balaban J connectivity index is 1.51. The third-order valence-electron chi connectivity index (χ3n) is 5.16. The number of pyridine rings is 1. The van der Waals surface area contributed by atoms with Gasteiger partial charge in [0.05, 0.1) is 30.0 Å². The Morgan fingerprint density at radius 3 is 2.89 bits per heavy atom. The maximum Gasteiger partial charge on any atom is 0.272 e. The van der Waals surface area contributed by atoms with Crippen molar-refractivity contribution in [1.82, 2.24) is 24.6 Å². The highest BCUT2D eigenvalue weighted by Gasteiger charge is 2.36. The van der Waals surface area contributed by atoms with Crippen molar-refractivity contribution >= 4 is 17.5 Å². The fourth-order valence-electron chi connectivity index (χ4n) is 3.86. The van der Waals surface area contributed by atoms with E-state index in [-0.39, 0.29) is 17.9 Å². The molecular weight excluding hydrogens is 366 g/mol. The number of fused-ring (bicyclic) bond motifs is 3. The van der Waals surface area contributed by atoms with Crippen LogP contribution in [0.1, 0.15) is 23.1 Å². The molecule has 2 bridgehead atoms. The molecular formula is C19H24ClN5O2. The Morgan fingerprint density at radius 2 is 2.15 bits per heavy atom. The van der Waals surface area contributed by atoms with Crippen LogP contribution in [0.5, 0.6) is 0 Å². The average Bonchev–Trinajstić information content (AvgIpc) is 2.92. The van der Waals surface area contributed by atoms with Gasteiger partial charge in [0.2, 0.25) is 0 Å². The van der Waals surface area contributed by atoms with E-state index in [1.54, 1.807) is 12.1 Å². The summed E-state index contributed by atoms with van der Waals surface area (Å²) in [5.41, 5.74) is 1.50. The highest BCUT2D eigenvalue weighted by atomic mass is 35.5. The molecule has 0 N–H and O–H groups in total. The Bertz CT molecular complexity index is 794. The lowest BCUT2D eigenvalue weighted by atomic mass is 10.1. The molecule has 0 aromatic carbocycles. The number of aromatic nitrogens is 3. The molecule has 144 valence electrons. The van der Waals surface area contributed by atoms with E-state index in [2.05, 4.69) is 28.0 Å². The summed E-state index contributed by atoms with van der Waals surface area (Å²) in [5, 5.41) is 5.13. The van der Waals surface area contributed by atoms with Gasteiger partial charge in [0.15, 0.2) is 0 Å². The van der Waals surface area contributed by atoms with E-state index in [1.807, 2.05) is 15.8 Å². The van der Waals surface area contributed by atoms with E-state index in [9.17, 15) is 4.79 Å². The first-order valence-electron chi connectivity index (χ1n) is 9.37. The topological polar surface area (TPSA) is 63.5 Å². The summed E-state index contributed by atoms with van der Waals surface area (Å²) in [7, 11) is 0. The van der Waals surface area contributed by atoms with Crippen molar-refractivity contribution in [3.05, 3.63) is 47.0 Å². The maximum atomic E-state index is 13.0. The van der Waals surface area contributed by atoms with Crippen LogP contribution in [0.2, 0.25) is 5.02 Å². The molecule has 7 nitrogen and oxygen atoms in total. The molecule has 1 amide bonds. The van der Waals surface area contributed by atoms with Gasteiger partial charge in [-0.1, -0.05) is 11.6 Å². The van der Waals surface area contributed by atoms with E-state index in [0.29, 0.717) is 30.5 Å². The Kier molecular flexibility index (Phi) is 5.43. The fourth-order valence-corrected chi connectivity index (χ4v) is 3.97. The molecule has 0 aliphatic carbocycles. The minimum absolute atomic E-state index is 0.00994. The number of hydrogen-bond acceptors (Lipinski definition) is 5. The molecule has 2 aliphatic rings. The van der Waals surface area contributed by atoms with Crippen molar-refractivity contribution in [2.75, 3.05) is 32.8 Å². The predicted molar refractivity (Wildman–Crippen MR) is 102 cm³/mol. The van der Waals surface area contributed by atoms with Crippen LogP contribution in [0.15, 0.2) is 30.6 Å². The second-order valence-corrected chi connectivity index (χ2v) is 7.67. The molecule has 0 saturated carbocycles. The predicted octanol–water partition coefficient (Wildman–Crippen LogP) is 1.92. The second-order valence-electron chi connectivity index (χ2n) is 7.23. The van der Waals surface area contributed by atoms with Crippen LogP contribution in [-0.2, 0) is 17.8 Å². The molecule has 2 aromatic heterocycles. The smallest absolute Gasteiger partial charge is 0.272 e. The zero-order chi connectivity index (χ0) is 18.8. The molecule has 2 atom stereocenters. The van der Waals surface area contributed by atoms with E-state index >= 15 is 0 Å². The van der Waals surface area contributed by atoms with Gasteiger partial charge >= 0.3 is 0 Å². The Hall–Kier alpha value is -1.96. The molecule has 27 heavy (non-hydrogen) atoms. The summed E-state index contributed by atoms with van der Waals surface area (Å²) in [6.07, 6.45) is 3.53. The summed E-state index contributed by atoms with van der Waals surface area (Å²) in [6, 6.07) is 5.48. The number of ether oxygens (including phenoxy) is 1. The Labute approximate surface area is 163 Å². The van der Waals surface area contributed by atoms with Crippen LogP contribution in [0.25, 0.3) is 0 Å². The van der Waals surface area contributed by atoms with Crippen LogP contribution in [0.3, 0.4) is 0 Å². The van der Waals surface area contributed by atoms with Gasteiger partial charge in [-0.25, -0.2) is 4.98 Å². The van der Waals surface area contributed by atoms with Gasteiger partial charge in [-0.15, -0.1) is 0 Å². The van der Waals surface area contributed by atoms with Gasteiger partial charge in [-0.05, 0) is 25.1 Å². The van der Waals surface area contributed by atoms with Crippen molar-refractivity contribution in [2.45, 2.75) is 26.1 Å². The highest BCUT2D eigenvalue weighted by molar-refractivity contribution is 6.30. The van der Waals surface area contributed by atoms with Crippen LogP contribution in [0.4, 0.5) is 0 Å². The van der Waals surface area contributed by atoms with E-state index < -0.39 is 0 Å². The SMILES string of the molecule is CCn1ccc(CN2C[C@@H]3COC[C@H](C2)N(C(=O)c2ccc(Cl)cn2)C3)n1. The van der Waals surface area contributed by atoms with Gasteiger partial charge in [-0.3, -0.25) is 14.4 Å². The number of hydrogen-bond donors (Lipinski definition) is 0. The summed E-state index contributed by atoms with van der Waals surface area (Å²) in [5.74, 6) is 0.228. The lowest BCUT2D eigenvalue weighted by Crippen LogP contribution is -2.46. The normalized spacial score (nSPS) is 23.3. The lowest BCUT2D eigenvalue weighted by Gasteiger charge is -2.30. The van der Waals surface area contributed by atoms with Crippen molar-refractivity contribution < 1.29 is 9.53 Å². The van der Waals surface area contributed by atoms with Crippen LogP contribution in [-0.4, -0.2) is 69.4 Å². The minimum Gasteiger partial charge on any atom is -0.379 e. The molecule has 0 radical (unpaired) electrons. The average molecular weight is 390 g/mol. The van der Waals surface area contributed by atoms with Gasteiger partial charge in [-0.2, -0.15) is 5.10 Å². The summed E-state index contributed by atoms with van der Waals surface area (Å²) >= 11 is 5.90. The number of nitrogens with zero attached hydrogens (tertiary/aromatic N) is 5. The number of halogens is 1. The first-order valence-corrected chi connectivity index (χ1v) is 9.75. The second kappa shape index (κ2) is 7.96. The van der Waals surface area contributed by atoms with Gasteiger partial charge in [0.25, 0.3) is 5.91 Å². The van der Waals surface area contributed by atoms with Gasteiger partial charge < -0.3 is 9.64 Å². The first-order chi connectivity index (χ1) is 13.1. The first kappa shape index (κ1) is 18.4. The molecule has 2 aromatic rings. The minimum atomic E-state index is -0.0516. The third-order valence-corrected chi connectivity index (χ3v) is 5.38.